The Labute approximate surface area is 174 Å². The van der Waals surface area contributed by atoms with E-state index in [9.17, 15) is 9.90 Å². The van der Waals surface area contributed by atoms with Gasteiger partial charge in [0.2, 0.25) is 0 Å². The third kappa shape index (κ3) is 4.93. The standard InChI is InChI=1S/C22H34NO3.BrH/c1-3-4-13-23(2)18-10-11-19(23)16-20(15-18)26-22(25)21(12-14-24)17-8-6-5-7-9-17;/h5-9,18-21,24H,3-4,10-16H2,1-2H3;1H/q+1;/p-1. The maximum Gasteiger partial charge on any atom is 0.313 e. The highest BCUT2D eigenvalue weighted by atomic mass is 79.9. The monoisotopic (exact) mass is 439 g/mol. The van der Waals surface area contributed by atoms with E-state index in [4.69, 9.17) is 4.74 Å². The van der Waals surface area contributed by atoms with Gasteiger partial charge in [-0.1, -0.05) is 43.7 Å². The fourth-order valence-electron chi connectivity index (χ4n) is 5.13. The van der Waals surface area contributed by atoms with Crippen LogP contribution in [0.3, 0.4) is 0 Å². The first-order valence-corrected chi connectivity index (χ1v) is 10.3. The molecule has 5 heteroatoms. The van der Waals surface area contributed by atoms with Crippen molar-refractivity contribution in [2.24, 2.45) is 0 Å². The predicted molar refractivity (Wildman–Crippen MR) is 103 cm³/mol. The van der Waals surface area contributed by atoms with Gasteiger partial charge in [-0.3, -0.25) is 4.79 Å². The molecule has 2 fully saturated rings. The number of esters is 1. The molecule has 0 radical (unpaired) electrons. The topological polar surface area (TPSA) is 46.5 Å². The summed E-state index contributed by atoms with van der Waals surface area (Å²) in [6, 6.07) is 11.0. The number of aliphatic hydroxyl groups excluding tert-OH is 1. The van der Waals surface area contributed by atoms with E-state index in [1.54, 1.807) is 0 Å². The number of unbranched alkanes of at least 4 members (excludes halogenated alkanes) is 1. The van der Waals surface area contributed by atoms with Crippen molar-refractivity contribution < 1.29 is 36.1 Å². The average molecular weight is 440 g/mol. The highest BCUT2D eigenvalue weighted by Gasteiger charge is 2.52. The Balaban J connectivity index is 0.00000261. The third-order valence-electron chi connectivity index (χ3n) is 6.75. The SMILES string of the molecule is CCCC[N+]1(C)C2CCC1CC(OC(=O)C(CCO)c1ccccc1)C2.[Br-]. The molecule has 0 amide bonds. The molecule has 27 heavy (non-hydrogen) atoms. The molecule has 2 heterocycles. The van der Waals surface area contributed by atoms with Gasteiger partial charge in [-0.15, -0.1) is 0 Å². The summed E-state index contributed by atoms with van der Waals surface area (Å²) >= 11 is 0. The van der Waals surface area contributed by atoms with E-state index in [0.29, 0.717) is 18.5 Å². The van der Waals surface area contributed by atoms with Crippen LogP contribution in [0, 0.1) is 0 Å². The summed E-state index contributed by atoms with van der Waals surface area (Å²) in [4.78, 5) is 12.8. The van der Waals surface area contributed by atoms with Crippen LogP contribution in [0.5, 0.6) is 0 Å². The normalized spacial score (nSPS) is 30.4. The summed E-state index contributed by atoms with van der Waals surface area (Å²) in [6.07, 6.45) is 7.48. The van der Waals surface area contributed by atoms with Crippen molar-refractivity contribution in [2.45, 2.75) is 76.0 Å². The second-order valence-electron chi connectivity index (χ2n) is 8.31. The van der Waals surface area contributed by atoms with E-state index >= 15 is 0 Å². The van der Waals surface area contributed by atoms with Crippen molar-refractivity contribution in [3.8, 4) is 0 Å². The minimum atomic E-state index is -0.359. The lowest BCUT2D eigenvalue weighted by Crippen LogP contribution is -3.00. The molecule has 2 bridgehead atoms. The largest absolute Gasteiger partial charge is 1.00 e. The lowest BCUT2D eigenvalue weighted by atomic mass is 9.94. The molecule has 1 aromatic carbocycles. The van der Waals surface area contributed by atoms with Gasteiger partial charge < -0.3 is 31.3 Å². The van der Waals surface area contributed by atoms with Crippen LogP contribution in [0.25, 0.3) is 0 Å². The Bertz CT molecular complexity index is 580. The Morgan fingerprint density at radius 2 is 1.85 bits per heavy atom. The van der Waals surface area contributed by atoms with Crippen LogP contribution in [0.1, 0.15) is 63.4 Å². The summed E-state index contributed by atoms with van der Waals surface area (Å²) in [6.45, 7) is 3.51. The molecule has 0 saturated carbocycles. The van der Waals surface area contributed by atoms with Crippen molar-refractivity contribution in [3.05, 3.63) is 35.9 Å². The van der Waals surface area contributed by atoms with Crippen molar-refractivity contribution >= 4 is 5.97 Å². The first kappa shape index (κ1) is 22.4. The maximum absolute atomic E-state index is 12.8. The van der Waals surface area contributed by atoms with E-state index in [-0.39, 0.29) is 41.6 Å². The number of carbonyl (C=O) groups excluding carboxylic acids is 1. The molecule has 0 aromatic heterocycles. The van der Waals surface area contributed by atoms with E-state index < -0.39 is 0 Å². The van der Waals surface area contributed by atoms with Crippen molar-refractivity contribution in [1.29, 1.82) is 0 Å². The molecule has 2 aliphatic rings. The highest BCUT2D eigenvalue weighted by molar-refractivity contribution is 5.78. The predicted octanol–water partition coefficient (Wildman–Crippen LogP) is 0.640. The smallest absolute Gasteiger partial charge is 0.313 e. The van der Waals surface area contributed by atoms with Crippen LogP contribution in [0.4, 0.5) is 0 Å². The van der Waals surface area contributed by atoms with Crippen LogP contribution in [0.15, 0.2) is 30.3 Å². The van der Waals surface area contributed by atoms with Gasteiger partial charge in [0.15, 0.2) is 0 Å². The van der Waals surface area contributed by atoms with Crippen molar-refractivity contribution in [3.63, 3.8) is 0 Å². The minimum absolute atomic E-state index is 0. The zero-order valence-corrected chi connectivity index (χ0v) is 18.2. The van der Waals surface area contributed by atoms with Gasteiger partial charge in [0.05, 0.1) is 31.6 Å². The molecule has 3 atom stereocenters. The van der Waals surface area contributed by atoms with E-state index in [2.05, 4.69) is 14.0 Å². The van der Waals surface area contributed by atoms with Gasteiger partial charge in [0.25, 0.3) is 0 Å². The Morgan fingerprint density at radius 1 is 1.22 bits per heavy atom. The number of benzene rings is 1. The molecule has 1 N–H and O–H groups in total. The Hall–Kier alpha value is -0.910. The lowest BCUT2D eigenvalue weighted by molar-refractivity contribution is -0.949. The number of hydrogen-bond donors (Lipinski definition) is 1. The first-order valence-electron chi connectivity index (χ1n) is 10.3. The number of halogens is 1. The fraction of sp³-hybridized carbons (Fsp3) is 0.682. The van der Waals surface area contributed by atoms with Gasteiger partial charge in [-0.05, 0) is 18.4 Å². The molecular weight excluding hydrogens is 406 g/mol. The van der Waals surface area contributed by atoms with Gasteiger partial charge in [-0.2, -0.15) is 0 Å². The minimum Gasteiger partial charge on any atom is -1.00 e. The molecule has 0 aliphatic carbocycles. The Morgan fingerprint density at radius 3 is 2.41 bits per heavy atom. The van der Waals surface area contributed by atoms with Crippen LogP contribution < -0.4 is 17.0 Å². The number of aliphatic hydroxyl groups is 1. The van der Waals surface area contributed by atoms with E-state index in [0.717, 1.165) is 18.4 Å². The lowest BCUT2D eigenvalue weighted by Gasteiger charge is -2.47. The van der Waals surface area contributed by atoms with Crippen LogP contribution in [0.2, 0.25) is 0 Å². The zero-order valence-electron chi connectivity index (χ0n) is 16.6. The molecular formula is C22H34BrNO3. The molecule has 2 aliphatic heterocycles. The maximum atomic E-state index is 12.8. The second kappa shape index (κ2) is 10.0. The average Bonchev–Trinajstić information content (AvgIpc) is 2.82. The van der Waals surface area contributed by atoms with Gasteiger partial charge in [-0.25, -0.2) is 0 Å². The third-order valence-corrected chi connectivity index (χ3v) is 6.75. The van der Waals surface area contributed by atoms with Crippen molar-refractivity contribution in [2.75, 3.05) is 20.2 Å². The summed E-state index contributed by atoms with van der Waals surface area (Å²) in [5.41, 5.74) is 0.939. The van der Waals surface area contributed by atoms with E-state index in [1.807, 2.05) is 30.3 Å². The Kier molecular flexibility index (Phi) is 8.32. The number of piperidine rings is 1. The number of quaternary nitrogens is 1. The number of ether oxygens (including phenoxy) is 1. The van der Waals surface area contributed by atoms with Crippen molar-refractivity contribution in [1.82, 2.24) is 0 Å². The number of rotatable bonds is 8. The number of nitrogens with zero attached hydrogens (tertiary/aromatic N) is 1. The summed E-state index contributed by atoms with van der Waals surface area (Å²) < 4.78 is 7.16. The van der Waals surface area contributed by atoms with Crippen LogP contribution >= 0.6 is 0 Å². The molecule has 2 saturated heterocycles. The molecule has 3 rings (SSSR count). The zero-order chi connectivity index (χ0) is 18.6. The van der Waals surface area contributed by atoms with Gasteiger partial charge in [0, 0.05) is 32.3 Å². The first-order chi connectivity index (χ1) is 12.6. The molecule has 1 aromatic rings. The number of fused-ring (bicyclic) bond motifs is 2. The van der Waals surface area contributed by atoms with Gasteiger partial charge in [0.1, 0.15) is 6.10 Å². The van der Waals surface area contributed by atoms with Crippen LogP contribution in [-0.4, -0.2) is 53.9 Å². The fourth-order valence-corrected chi connectivity index (χ4v) is 5.13. The summed E-state index contributed by atoms with van der Waals surface area (Å²) in [5.74, 6) is -0.527. The molecule has 4 nitrogen and oxygen atoms in total. The number of hydrogen-bond acceptors (Lipinski definition) is 3. The summed E-state index contributed by atoms with van der Waals surface area (Å²) in [5, 5.41) is 9.39. The van der Waals surface area contributed by atoms with Gasteiger partial charge >= 0.3 is 5.97 Å². The van der Waals surface area contributed by atoms with Crippen LogP contribution in [-0.2, 0) is 9.53 Å². The molecule has 152 valence electrons. The molecule has 3 unspecified atom stereocenters. The van der Waals surface area contributed by atoms with E-state index in [1.165, 1.54) is 36.7 Å². The summed E-state index contributed by atoms with van der Waals surface area (Å²) in [7, 11) is 2.41. The second-order valence-corrected chi connectivity index (χ2v) is 8.31. The highest BCUT2D eigenvalue weighted by Crippen LogP contribution is 2.42. The number of carbonyl (C=O) groups is 1. The molecule has 0 spiro atoms. The quantitative estimate of drug-likeness (QED) is 0.477.